The van der Waals surface area contributed by atoms with Gasteiger partial charge in [0.1, 0.15) is 5.69 Å². The zero-order valence-corrected chi connectivity index (χ0v) is 12.1. The molecule has 20 heavy (non-hydrogen) atoms. The fourth-order valence-electron chi connectivity index (χ4n) is 6.10. The number of anilines is 1. The molecular weight excluding hydrogens is 250 g/mol. The number of nitrogens with two attached hydrogens (primary N) is 1. The second-order valence-corrected chi connectivity index (χ2v) is 7.68. The third-order valence-corrected chi connectivity index (χ3v) is 6.64. The van der Waals surface area contributed by atoms with Gasteiger partial charge in [-0.2, -0.15) is 0 Å². The summed E-state index contributed by atoms with van der Waals surface area (Å²) in [5.41, 5.74) is 8.19. The van der Waals surface area contributed by atoms with Gasteiger partial charge in [-0.1, -0.05) is 5.16 Å². The molecule has 1 aromatic heterocycles. The molecule has 2 N–H and O–H groups in total. The topological polar surface area (TPSA) is 55.3 Å². The third-order valence-electron chi connectivity index (χ3n) is 6.64. The van der Waals surface area contributed by atoms with Crippen molar-refractivity contribution in [3.05, 3.63) is 11.3 Å². The predicted octanol–water partition coefficient (Wildman–Crippen LogP) is 2.96. The standard InChI is InChI=1S/C16H23N3O/c1-8-14-13(16(17)20-18-14)7-19(8)15-11-3-9-2-10(5-11)6-12(15)4-9/h8-12,15H,2-7,17H2,1H3. The summed E-state index contributed by atoms with van der Waals surface area (Å²) >= 11 is 0. The maximum Gasteiger partial charge on any atom is 0.226 e. The lowest BCUT2D eigenvalue weighted by Crippen LogP contribution is -2.55. The summed E-state index contributed by atoms with van der Waals surface area (Å²) in [5.74, 6) is 4.47. The molecule has 1 atom stereocenters. The minimum atomic E-state index is 0.383. The van der Waals surface area contributed by atoms with Crippen LogP contribution in [0.5, 0.6) is 0 Å². The summed E-state index contributed by atoms with van der Waals surface area (Å²) in [6.07, 6.45) is 7.40. The molecule has 4 saturated carbocycles. The Morgan fingerprint density at radius 1 is 1.10 bits per heavy atom. The molecule has 4 nitrogen and oxygen atoms in total. The number of hydrogen-bond acceptors (Lipinski definition) is 4. The van der Waals surface area contributed by atoms with Gasteiger partial charge in [0.15, 0.2) is 0 Å². The molecule has 4 bridgehead atoms. The molecule has 0 saturated heterocycles. The first-order valence-electron chi connectivity index (χ1n) is 8.20. The van der Waals surface area contributed by atoms with Crippen molar-refractivity contribution in [2.75, 3.05) is 5.73 Å². The molecule has 4 fully saturated rings. The Balaban J connectivity index is 1.47. The number of hydrogen-bond donors (Lipinski definition) is 1. The minimum Gasteiger partial charge on any atom is -0.367 e. The molecule has 4 heteroatoms. The maximum absolute atomic E-state index is 5.93. The van der Waals surface area contributed by atoms with Crippen LogP contribution in [-0.4, -0.2) is 16.1 Å². The van der Waals surface area contributed by atoms with Crippen LogP contribution in [0.2, 0.25) is 0 Å². The molecule has 0 radical (unpaired) electrons. The van der Waals surface area contributed by atoms with Crippen molar-refractivity contribution in [3.8, 4) is 0 Å². The van der Waals surface area contributed by atoms with Gasteiger partial charge in [-0.05, 0) is 62.7 Å². The average molecular weight is 273 g/mol. The first-order chi connectivity index (χ1) is 9.70. The van der Waals surface area contributed by atoms with Crippen LogP contribution in [0.3, 0.4) is 0 Å². The van der Waals surface area contributed by atoms with E-state index in [-0.39, 0.29) is 0 Å². The SMILES string of the molecule is CC1c2noc(N)c2CN1C1C2CC3CC(C2)CC1C3. The smallest absolute Gasteiger partial charge is 0.226 e. The molecule has 1 aromatic rings. The summed E-state index contributed by atoms with van der Waals surface area (Å²) in [7, 11) is 0. The molecule has 0 spiro atoms. The van der Waals surface area contributed by atoms with E-state index in [9.17, 15) is 0 Å². The Labute approximate surface area is 119 Å². The van der Waals surface area contributed by atoms with E-state index in [1.807, 2.05) is 0 Å². The molecule has 5 aliphatic rings. The lowest BCUT2D eigenvalue weighted by atomic mass is 9.54. The summed E-state index contributed by atoms with van der Waals surface area (Å²) in [6.45, 7) is 3.23. The van der Waals surface area contributed by atoms with E-state index in [0.29, 0.717) is 11.9 Å². The Kier molecular flexibility index (Phi) is 2.20. The van der Waals surface area contributed by atoms with E-state index in [4.69, 9.17) is 10.3 Å². The maximum atomic E-state index is 5.93. The van der Waals surface area contributed by atoms with Gasteiger partial charge in [0.2, 0.25) is 5.88 Å². The van der Waals surface area contributed by atoms with Crippen molar-refractivity contribution >= 4 is 5.88 Å². The van der Waals surface area contributed by atoms with E-state index >= 15 is 0 Å². The van der Waals surface area contributed by atoms with Gasteiger partial charge in [0, 0.05) is 12.6 Å². The van der Waals surface area contributed by atoms with Crippen molar-refractivity contribution < 1.29 is 4.52 Å². The zero-order chi connectivity index (χ0) is 13.4. The normalized spacial score (nSPS) is 46.0. The van der Waals surface area contributed by atoms with E-state index in [1.54, 1.807) is 0 Å². The molecule has 2 heterocycles. The van der Waals surface area contributed by atoms with Gasteiger partial charge in [-0.15, -0.1) is 0 Å². The van der Waals surface area contributed by atoms with Crippen LogP contribution in [0.4, 0.5) is 5.88 Å². The predicted molar refractivity (Wildman–Crippen MR) is 75.7 cm³/mol. The fraction of sp³-hybridized carbons (Fsp3) is 0.812. The van der Waals surface area contributed by atoms with Gasteiger partial charge in [0.25, 0.3) is 0 Å². The van der Waals surface area contributed by atoms with Crippen LogP contribution < -0.4 is 5.73 Å². The van der Waals surface area contributed by atoms with Crippen LogP contribution in [0, 0.1) is 23.7 Å². The highest BCUT2D eigenvalue weighted by atomic mass is 16.5. The summed E-state index contributed by atoms with van der Waals surface area (Å²) in [6, 6.07) is 1.15. The quantitative estimate of drug-likeness (QED) is 0.854. The second-order valence-electron chi connectivity index (χ2n) is 7.68. The van der Waals surface area contributed by atoms with Crippen molar-refractivity contribution in [1.82, 2.24) is 10.1 Å². The largest absolute Gasteiger partial charge is 0.367 e. The first-order valence-corrected chi connectivity index (χ1v) is 8.20. The van der Waals surface area contributed by atoms with E-state index in [1.165, 1.54) is 32.1 Å². The molecule has 1 unspecified atom stereocenters. The van der Waals surface area contributed by atoms with Crippen molar-refractivity contribution in [3.63, 3.8) is 0 Å². The van der Waals surface area contributed by atoms with E-state index < -0.39 is 0 Å². The van der Waals surface area contributed by atoms with E-state index in [0.717, 1.165) is 47.5 Å². The van der Waals surface area contributed by atoms with Crippen LogP contribution in [0.15, 0.2) is 4.52 Å². The van der Waals surface area contributed by atoms with Crippen LogP contribution in [0.1, 0.15) is 56.3 Å². The number of aromatic nitrogens is 1. The number of nitrogens with zero attached hydrogens (tertiary/aromatic N) is 2. The lowest BCUT2D eigenvalue weighted by Gasteiger charge is -2.57. The monoisotopic (exact) mass is 273 g/mol. The van der Waals surface area contributed by atoms with Gasteiger partial charge in [0.05, 0.1) is 11.6 Å². The average Bonchev–Trinajstić information content (AvgIpc) is 2.91. The Hall–Kier alpha value is -1.03. The van der Waals surface area contributed by atoms with Gasteiger partial charge in [-0.3, -0.25) is 4.90 Å². The molecule has 108 valence electrons. The van der Waals surface area contributed by atoms with Crippen LogP contribution >= 0.6 is 0 Å². The Morgan fingerprint density at radius 3 is 2.35 bits per heavy atom. The summed E-state index contributed by atoms with van der Waals surface area (Å²) in [4.78, 5) is 2.69. The first kappa shape index (κ1) is 11.6. The van der Waals surface area contributed by atoms with Crippen LogP contribution in [0.25, 0.3) is 0 Å². The summed E-state index contributed by atoms with van der Waals surface area (Å²) in [5, 5.41) is 4.20. The highest BCUT2D eigenvalue weighted by Gasteiger charge is 2.52. The second kappa shape index (κ2) is 3.79. The number of rotatable bonds is 1. The van der Waals surface area contributed by atoms with Gasteiger partial charge < -0.3 is 10.3 Å². The zero-order valence-electron chi connectivity index (χ0n) is 12.1. The third kappa shape index (κ3) is 1.38. The fourth-order valence-corrected chi connectivity index (χ4v) is 6.10. The molecular formula is C16H23N3O. The van der Waals surface area contributed by atoms with Crippen molar-refractivity contribution in [2.45, 2.75) is 57.7 Å². The number of nitrogen functional groups attached to an aromatic ring is 1. The number of fused-ring (bicyclic) bond motifs is 1. The molecule has 0 aromatic carbocycles. The Morgan fingerprint density at radius 2 is 1.75 bits per heavy atom. The molecule has 0 amide bonds. The van der Waals surface area contributed by atoms with Crippen LogP contribution in [-0.2, 0) is 6.54 Å². The highest BCUT2D eigenvalue weighted by Crippen LogP contribution is 2.57. The molecule has 4 aliphatic carbocycles. The van der Waals surface area contributed by atoms with Crippen molar-refractivity contribution in [1.29, 1.82) is 0 Å². The highest BCUT2D eigenvalue weighted by molar-refractivity contribution is 5.43. The van der Waals surface area contributed by atoms with Gasteiger partial charge >= 0.3 is 0 Å². The molecule has 1 aliphatic heterocycles. The summed E-state index contributed by atoms with van der Waals surface area (Å²) < 4.78 is 5.16. The lowest BCUT2D eigenvalue weighted by molar-refractivity contribution is -0.0766. The van der Waals surface area contributed by atoms with Gasteiger partial charge in [-0.25, -0.2) is 0 Å². The molecule has 6 rings (SSSR count). The van der Waals surface area contributed by atoms with Crippen molar-refractivity contribution in [2.24, 2.45) is 23.7 Å². The Bertz CT molecular complexity index is 524. The minimum absolute atomic E-state index is 0.383. The van der Waals surface area contributed by atoms with E-state index in [2.05, 4.69) is 17.0 Å².